The van der Waals surface area contributed by atoms with Gasteiger partial charge in [-0.2, -0.15) is 0 Å². The van der Waals surface area contributed by atoms with Crippen LogP contribution in [-0.4, -0.2) is 21.4 Å². The zero-order valence-corrected chi connectivity index (χ0v) is 17.5. The van der Waals surface area contributed by atoms with E-state index < -0.39 is 15.8 Å². The summed E-state index contributed by atoms with van der Waals surface area (Å²) in [4.78, 5) is 12.6. The molecule has 0 heterocycles. The summed E-state index contributed by atoms with van der Waals surface area (Å²) >= 11 is 0. The summed E-state index contributed by atoms with van der Waals surface area (Å²) in [6.07, 6.45) is 0. The predicted octanol–water partition coefficient (Wildman–Crippen LogP) is 4.50. The lowest BCUT2D eigenvalue weighted by molar-refractivity contribution is 0.102. The third-order valence-electron chi connectivity index (χ3n) is 4.67. The van der Waals surface area contributed by atoms with Crippen molar-refractivity contribution in [2.24, 2.45) is 0 Å². The largest absolute Gasteiger partial charge is 0.495 e. The Bertz CT molecular complexity index is 1190. The van der Waals surface area contributed by atoms with Crippen molar-refractivity contribution in [1.29, 1.82) is 0 Å². The third-order valence-corrected chi connectivity index (χ3v) is 6.06. The van der Waals surface area contributed by atoms with Crippen molar-refractivity contribution in [2.75, 3.05) is 17.1 Å². The van der Waals surface area contributed by atoms with Crippen molar-refractivity contribution in [3.63, 3.8) is 0 Å². The number of hydrogen-bond acceptors (Lipinski definition) is 4. The second kappa shape index (κ2) is 8.54. The van der Waals surface area contributed by atoms with Crippen molar-refractivity contribution < 1.29 is 22.3 Å². The second-order valence-electron chi connectivity index (χ2n) is 6.68. The summed E-state index contributed by atoms with van der Waals surface area (Å²) in [5, 5.41) is 2.77. The van der Waals surface area contributed by atoms with Crippen LogP contribution in [0.2, 0.25) is 0 Å². The maximum Gasteiger partial charge on any atom is 0.262 e. The monoisotopic (exact) mass is 428 g/mol. The van der Waals surface area contributed by atoms with Gasteiger partial charge < -0.3 is 10.1 Å². The molecule has 3 aromatic carbocycles. The van der Waals surface area contributed by atoms with Crippen LogP contribution in [0, 0.1) is 19.7 Å². The van der Waals surface area contributed by atoms with E-state index in [1.165, 1.54) is 13.2 Å². The van der Waals surface area contributed by atoms with Gasteiger partial charge in [-0.15, -0.1) is 0 Å². The molecule has 0 saturated heterocycles. The summed E-state index contributed by atoms with van der Waals surface area (Å²) in [6.45, 7) is 3.78. The molecule has 0 aliphatic rings. The highest BCUT2D eigenvalue weighted by Crippen LogP contribution is 2.30. The number of benzene rings is 3. The van der Waals surface area contributed by atoms with Gasteiger partial charge in [-0.1, -0.05) is 12.1 Å². The molecular weight excluding hydrogens is 407 g/mol. The maximum atomic E-state index is 13.1. The molecule has 0 spiro atoms. The van der Waals surface area contributed by atoms with Gasteiger partial charge in [-0.3, -0.25) is 9.52 Å². The highest BCUT2D eigenvalue weighted by Gasteiger charge is 2.18. The number of rotatable bonds is 6. The smallest absolute Gasteiger partial charge is 0.262 e. The number of sulfonamides is 1. The van der Waals surface area contributed by atoms with Gasteiger partial charge in [-0.25, -0.2) is 12.8 Å². The lowest BCUT2D eigenvalue weighted by atomic mass is 10.0. The fourth-order valence-corrected chi connectivity index (χ4v) is 3.94. The number of hydrogen-bond donors (Lipinski definition) is 2. The van der Waals surface area contributed by atoms with E-state index in [-0.39, 0.29) is 22.2 Å². The van der Waals surface area contributed by atoms with Gasteiger partial charge >= 0.3 is 0 Å². The first-order valence-electron chi connectivity index (χ1n) is 9.05. The minimum absolute atomic E-state index is 0.101. The number of ether oxygens (including phenoxy) is 1. The maximum absolute atomic E-state index is 13.1. The van der Waals surface area contributed by atoms with Crippen molar-refractivity contribution in [1.82, 2.24) is 0 Å². The fourth-order valence-electron chi connectivity index (χ4n) is 2.88. The van der Waals surface area contributed by atoms with Crippen LogP contribution in [0.4, 0.5) is 15.8 Å². The lowest BCUT2D eigenvalue weighted by Crippen LogP contribution is -2.16. The van der Waals surface area contributed by atoms with Gasteiger partial charge in [0.1, 0.15) is 11.6 Å². The molecule has 3 rings (SSSR count). The van der Waals surface area contributed by atoms with E-state index in [0.29, 0.717) is 11.3 Å². The Morgan fingerprint density at radius 1 is 1.00 bits per heavy atom. The minimum Gasteiger partial charge on any atom is -0.495 e. The quantitative estimate of drug-likeness (QED) is 0.605. The van der Waals surface area contributed by atoms with Crippen molar-refractivity contribution in [3.8, 4) is 5.75 Å². The Balaban J connectivity index is 1.89. The molecule has 0 radical (unpaired) electrons. The summed E-state index contributed by atoms with van der Waals surface area (Å²) in [5.74, 6) is -0.582. The highest BCUT2D eigenvalue weighted by atomic mass is 32.2. The molecule has 0 aliphatic carbocycles. The Hall–Kier alpha value is -3.39. The summed E-state index contributed by atoms with van der Waals surface area (Å²) in [6, 6.07) is 14.5. The first kappa shape index (κ1) is 21.3. The minimum atomic E-state index is -3.98. The van der Waals surface area contributed by atoms with Crippen LogP contribution in [0.1, 0.15) is 21.5 Å². The molecule has 2 N–H and O–H groups in total. The van der Waals surface area contributed by atoms with Crippen molar-refractivity contribution >= 4 is 27.3 Å². The van der Waals surface area contributed by atoms with Gasteiger partial charge in [0.05, 0.1) is 17.7 Å². The molecule has 30 heavy (non-hydrogen) atoms. The predicted molar refractivity (Wildman–Crippen MR) is 114 cm³/mol. The van der Waals surface area contributed by atoms with E-state index in [4.69, 9.17) is 4.74 Å². The molecular formula is C22H21FN2O4S. The fraction of sp³-hybridized carbons (Fsp3) is 0.136. The van der Waals surface area contributed by atoms with Gasteiger partial charge in [0.2, 0.25) is 0 Å². The Morgan fingerprint density at radius 3 is 2.37 bits per heavy atom. The standard InChI is InChI=1S/C22H21FN2O4S/c1-14-5-4-6-19(15(14)2)22(26)24-17-9-12-21(29-3)20(13-17)25-30(27,28)18-10-7-16(23)8-11-18/h4-13,25H,1-3H3,(H,24,26). The molecule has 8 heteroatoms. The van der Waals surface area contributed by atoms with Crippen LogP contribution < -0.4 is 14.8 Å². The zero-order valence-electron chi connectivity index (χ0n) is 16.7. The number of amides is 1. The third kappa shape index (κ3) is 4.60. The van der Waals surface area contributed by atoms with Crippen molar-refractivity contribution in [2.45, 2.75) is 18.7 Å². The normalized spacial score (nSPS) is 11.1. The number of halogens is 1. The van der Waals surface area contributed by atoms with Crippen LogP contribution in [0.5, 0.6) is 5.75 Å². The summed E-state index contributed by atoms with van der Waals surface area (Å²) in [5.41, 5.74) is 2.91. The molecule has 0 aromatic heterocycles. The Morgan fingerprint density at radius 2 is 1.70 bits per heavy atom. The molecule has 0 aliphatic heterocycles. The van der Waals surface area contributed by atoms with Crippen LogP contribution in [0.15, 0.2) is 65.6 Å². The number of carbonyl (C=O) groups is 1. The summed E-state index contributed by atoms with van der Waals surface area (Å²) in [7, 11) is -2.58. The molecule has 156 valence electrons. The summed E-state index contributed by atoms with van der Waals surface area (Å²) < 4.78 is 46.0. The van der Waals surface area contributed by atoms with E-state index in [2.05, 4.69) is 10.0 Å². The highest BCUT2D eigenvalue weighted by molar-refractivity contribution is 7.92. The molecule has 1 amide bonds. The van der Waals surface area contributed by atoms with Gasteiger partial charge in [-0.05, 0) is 73.5 Å². The van der Waals surface area contributed by atoms with Crippen LogP contribution in [-0.2, 0) is 10.0 Å². The lowest BCUT2D eigenvalue weighted by Gasteiger charge is -2.15. The number of carbonyl (C=O) groups excluding carboxylic acids is 1. The number of aryl methyl sites for hydroxylation is 1. The van der Waals surface area contributed by atoms with E-state index in [0.717, 1.165) is 35.4 Å². The van der Waals surface area contributed by atoms with Crippen LogP contribution in [0.3, 0.4) is 0 Å². The number of nitrogens with one attached hydrogen (secondary N) is 2. The number of methoxy groups -OCH3 is 1. The van der Waals surface area contributed by atoms with Gasteiger partial charge in [0, 0.05) is 11.3 Å². The van der Waals surface area contributed by atoms with Gasteiger partial charge in [0.15, 0.2) is 0 Å². The van der Waals surface area contributed by atoms with Crippen LogP contribution >= 0.6 is 0 Å². The second-order valence-corrected chi connectivity index (χ2v) is 8.36. The molecule has 6 nitrogen and oxygen atoms in total. The molecule has 0 unspecified atom stereocenters. The molecule has 0 fully saturated rings. The zero-order chi connectivity index (χ0) is 21.9. The van der Waals surface area contributed by atoms with E-state index in [1.54, 1.807) is 24.3 Å². The molecule has 0 saturated carbocycles. The van der Waals surface area contributed by atoms with Gasteiger partial charge in [0.25, 0.3) is 15.9 Å². The average molecular weight is 428 g/mol. The Kier molecular flexibility index (Phi) is 6.07. The first-order valence-corrected chi connectivity index (χ1v) is 10.5. The first-order chi connectivity index (χ1) is 14.2. The topological polar surface area (TPSA) is 84.5 Å². The Labute approximate surface area is 174 Å². The van der Waals surface area contributed by atoms with E-state index >= 15 is 0 Å². The van der Waals surface area contributed by atoms with E-state index in [1.807, 2.05) is 19.9 Å². The molecule has 0 atom stereocenters. The van der Waals surface area contributed by atoms with E-state index in [9.17, 15) is 17.6 Å². The van der Waals surface area contributed by atoms with Crippen LogP contribution in [0.25, 0.3) is 0 Å². The van der Waals surface area contributed by atoms with Crippen molar-refractivity contribution in [3.05, 3.63) is 83.2 Å². The number of anilines is 2. The molecule has 0 bridgehead atoms. The average Bonchev–Trinajstić information content (AvgIpc) is 2.70. The molecule has 3 aromatic rings. The SMILES string of the molecule is COc1ccc(NC(=O)c2cccc(C)c2C)cc1NS(=O)(=O)c1ccc(F)cc1.